The van der Waals surface area contributed by atoms with Crippen molar-refractivity contribution in [2.24, 2.45) is 4.99 Å². The predicted molar refractivity (Wildman–Crippen MR) is 132 cm³/mol. The number of benzene rings is 1. The van der Waals surface area contributed by atoms with E-state index in [2.05, 4.69) is 15.0 Å². The van der Waals surface area contributed by atoms with Crippen LogP contribution in [-0.2, 0) is 9.53 Å². The highest BCUT2D eigenvalue weighted by Crippen LogP contribution is 2.31. The van der Waals surface area contributed by atoms with Crippen molar-refractivity contribution in [3.63, 3.8) is 0 Å². The van der Waals surface area contributed by atoms with Crippen molar-refractivity contribution in [3.05, 3.63) is 103 Å². The van der Waals surface area contributed by atoms with E-state index < -0.39 is 17.8 Å². The molecule has 182 valence electrons. The third-order valence-electron chi connectivity index (χ3n) is 5.31. The van der Waals surface area contributed by atoms with Gasteiger partial charge in [-0.25, -0.2) is 24.1 Å². The first-order valence-electron chi connectivity index (χ1n) is 10.9. The lowest BCUT2D eigenvalue weighted by Gasteiger charge is -2.24. The summed E-state index contributed by atoms with van der Waals surface area (Å²) in [4.78, 5) is 39.7. The van der Waals surface area contributed by atoms with Crippen LogP contribution in [0.1, 0.15) is 31.2 Å². The van der Waals surface area contributed by atoms with Crippen molar-refractivity contribution in [1.29, 1.82) is 0 Å². The summed E-state index contributed by atoms with van der Waals surface area (Å²) >= 11 is 2.44. The molecule has 0 unspecified atom stereocenters. The van der Waals surface area contributed by atoms with Gasteiger partial charge in [0.2, 0.25) is 0 Å². The van der Waals surface area contributed by atoms with E-state index in [1.54, 1.807) is 62.6 Å². The summed E-state index contributed by atoms with van der Waals surface area (Å²) < 4.78 is 26.6. The summed E-state index contributed by atoms with van der Waals surface area (Å²) in [5.74, 6) is -0.520. The molecule has 1 atom stereocenters. The molecule has 0 fully saturated rings. The molecule has 11 heteroatoms. The third kappa shape index (κ3) is 4.67. The molecule has 0 N–H and O–H groups in total. The minimum absolute atomic E-state index is 0.170. The second-order valence-corrected chi connectivity index (χ2v) is 9.62. The van der Waals surface area contributed by atoms with Crippen LogP contribution >= 0.6 is 23.1 Å². The van der Waals surface area contributed by atoms with Crippen molar-refractivity contribution in [2.45, 2.75) is 30.1 Å². The van der Waals surface area contributed by atoms with E-state index >= 15 is 0 Å². The number of esters is 1. The van der Waals surface area contributed by atoms with Crippen LogP contribution in [0.15, 0.2) is 90.6 Å². The standard InChI is InChI=1S/C25H19FN4O4S2/c1-3-33-23(32)20-14(2)29-25-30(21(20)15-5-7-16(26)8-6-15)22(31)18(35-25)13-17-9-10-19(34-17)36-24-27-11-4-12-28-24/h4-13,21H,3H2,1-2H3/b18-13+/t21-/m0/s1. The first kappa shape index (κ1) is 23.9. The summed E-state index contributed by atoms with van der Waals surface area (Å²) in [5, 5.41) is 1.11. The van der Waals surface area contributed by atoms with Crippen LogP contribution in [-0.4, -0.2) is 27.1 Å². The molecule has 4 aromatic rings. The molecule has 0 spiro atoms. The number of nitrogens with zero attached hydrogens (tertiary/aromatic N) is 4. The zero-order valence-electron chi connectivity index (χ0n) is 19.2. The summed E-state index contributed by atoms with van der Waals surface area (Å²) in [6.07, 6.45) is 4.92. The number of hydrogen-bond acceptors (Lipinski definition) is 9. The van der Waals surface area contributed by atoms with Crippen LogP contribution in [0.5, 0.6) is 0 Å². The number of rotatable bonds is 6. The van der Waals surface area contributed by atoms with Crippen LogP contribution in [0, 0.1) is 5.82 Å². The Labute approximate surface area is 212 Å². The minimum Gasteiger partial charge on any atom is -0.463 e. The first-order chi connectivity index (χ1) is 17.4. The second kappa shape index (κ2) is 10.0. The van der Waals surface area contributed by atoms with Gasteiger partial charge in [0.25, 0.3) is 5.56 Å². The van der Waals surface area contributed by atoms with E-state index in [1.807, 2.05) is 0 Å². The van der Waals surface area contributed by atoms with Crippen molar-refractivity contribution < 1.29 is 18.3 Å². The maximum absolute atomic E-state index is 13.7. The molecule has 0 radical (unpaired) electrons. The van der Waals surface area contributed by atoms with Gasteiger partial charge in [0.05, 0.1) is 28.5 Å². The van der Waals surface area contributed by atoms with E-state index in [0.29, 0.717) is 36.6 Å². The van der Waals surface area contributed by atoms with E-state index in [1.165, 1.54) is 39.8 Å². The zero-order valence-corrected chi connectivity index (χ0v) is 20.8. The van der Waals surface area contributed by atoms with Gasteiger partial charge in [-0.15, -0.1) is 0 Å². The van der Waals surface area contributed by atoms with E-state index in [0.717, 1.165) is 0 Å². The van der Waals surface area contributed by atoms with Gasteiger partial charge in [0.1, 0.15) is 11.6 Å². The number of allylic oxidation sites excluding steroid dienone is 1. The molecule has 3 aromatic heterocycles. The molecule has 0 saturated carbocycles. The fourth-order valence-corrected chi connectivity index (χ4v) is 5.48. The fraction of sp³-hybridized carbons (Fsp3) is 0.160. The number of carbonyl (C=O) groups excluding carboxylic acids is 1. The average molecular weight is 523 g/mol. The smallest absolute Gasteiger partial charge is 0.338 e. The monoisotopic (exact) mass is 522 g/mol. The molecule has 4 heterocycles. The number of ether oxygens (including phenoxy) is 1. The van der Waals surface area contributed by atoms with Gasteiger partial charge in [-0.05, 0) is 61.5 Å². The topological polar surface area (TPSA) is 99.6 Å². The first-order valence-corrected chi connectivity index (χ1v) is 12.6. The summed E-state index contributed by atoms with van der Waals surface area (Å²) in [7, 11) is 0. The zero-order chi connectivity index (χ0) is 25.2. The molecule has 0 amide bonds. The molecule has 0 saturated heterocycles. The number of furan rings is 1. The van der Waals surface area contributed by atoms with Crippen molar-refractivity contribution in [2.75, 3.05) is 6.61 Å². The Morgan fingerprint density at radius 1 is 1.22 bits per heavy atom. The van der Waals surface area contributed by atoms with Gasteiger partial charge < -0.3 is 9.15 Å². The molecular weight excluding hydrogens is 503 g/mol. The Morgan fingerprint density at radius 2 is 1.97 bits per heavy atom. The highest BCUT2D eigenvalue weighted by Gasteiger charge is 2.33. The Hall–Kier alpha value is -3.83. The van der Waals surface area contributed by atoms with Crippen LogP contribution in [0.3, 0.4) is 0 Å². The van der Waals surface area contributed by atoms with Crippen molar-refractivity contribution in [1.82, 2.24) is 14.5 Å². The molecule has 8 nitrogen and oxygen atoms in total. The molecule has 0 bridgehead atoms. The Kier molecular flexibility index (Phi) is 6.66. The highest BCUT2D eigenvalue weighted by molar-refractivity contribution is 7.99. The van der Waals surface area contributed by atoms with Crippen LogP contribution in [0.25, 0.3) is 6.08 Å². The van der Waals surface area contributed by atoms with E-state index in [9.17, 15) is 14.0 Å². The minimum atomic E-state index is -0.805. The van der Waals surface area contributed by atoms with Crippen LogP contribution in [0.4, 0.5) is 4.39 Å². The van der Waals surface area contributed by atoms with Gasteiger partial charge >= 0.3 is 5.97 Å². The predicted octanol–water partition coefficient (Wildman–Crippen LogP) is 3.47. The van der Waals surface area contributed by atoms with Gasteiger partial charge in [0.15, 0.2) is 15.1 Å². The summed E-state index contributed by atoms with van der Waals surface area (Å²) in [6.45, 7) is 3.57. The maximum atomic E-state index is 13.7. The van der Waals surface area contributed by atoms with Gasteiger partial charge in [0, 0.05) is 18.5 Å². The summed E-state index contributed by atoms with van der Waals surface area (Å²) in [6, 6.07) is 10.1. The molecule has 1 aliphatic rings. The third-order valence-corrected chi connectivity index (χ3v) is 7.11. The normalized spacial score (nSPS) is 15.5. The Balaban J connectivity index is 1.59. The number of carbonyl (C=O) groups is 1. The Morgan fingerprint density at radius 3 is 2.69 bits per heavy atom. The summed E-state index contributed by atoms with van der Waals surface area (Å²) in [5.41, 5.74) is 0.900. The number of aromatic nitrogens is 3. The SMILES string of the molecule is CCOC(=O)C1=C(C)N=c2s/c(=C/c3ccc(Sc4ncccn4)o3)c(=O)n2[C@H]1c1ccc(F)cc1. The number of fused-ring (bicyclic) bond motifs is 1. The number of halogens is 1. The molecule has 36 heavy (non-hydrogen) atoms. The van der Waals surface area contributed by atoms with Crippen LogP contribution < -0.4 is 14.9 Å². The van der Waals surface area contributed by atoms with E-state index in [-0.39, 0.29) is 17.7 Å². The number of thiazole rings is 1. The second-order valence-electron chi connectivity index (χ2n) is 7.64. The fourth-order valence-electron chi connectivity index (χ4n) is 3.78. The molecular formula is C25H19FN4O4S2. The van der Waals surface area contributed by atoms with Crippen LogP contribution in [0.2, 0.25) is 0 Å². The molecule has 5 rings (SSSR count). The lowest BCUT2D eigenvalue weighted by Crippen LogP contribution is -2.39. The molecule has 1 aliphatic heterocycles. The average Bonchev–Trinajstić information content (AvgIpc) is 3.43. The largest absolute Gasteiger partial charge is 0.463 e. The quantitative estimate of drug-likeness (QED) is 0.282. The lowest BCUT2D eigenvalue weighted by atomic mass is 9.96. The lowest BCUT2D eigenvalue weighted by molar-refractivity contribution is -0.139. The Bertz CT molecular complexity index is 1640. The highest BCUT2D eigenvalue weighted by atomic mass is 32.2. The van der Waals surface area contributed by atoms with Crippen molar-refractivity contribution >= 4 is 35.1 Å². The van der Waals surface area contributed by atoms with Crippen molar-refractivity contribution in [3.8, 4) is 0 Å². The van der Waals surface area contributed by atoms with Gasteiger partial charge in [-0.3, -0.25) is 9.36 Å². The maximum Gasteiger partial charge on any atom is 0.338 e. The number of hydrogen-bond donors (Lipinski definition) is 0. The molecule has 0 aliphatic carbocycles. The van der Waals surface area contributed by atoms with Gasteiger partial charge in [-0.2, -0.15) is 0 Å². The van der Waals surface area contributed by atoms with Gasteiger partial charge in [-0.1, -0.05) is 23.5 Å². The van der Waals surface area contributed by atoms with E-state index in [4.69, 9.17) is 9.15 Å². The molecule has 1 aromatic carbocycles.